The van der Waals surface area contributed by atoms with Crippen molar-refractivity contribution in [2.45, 2.75) is 128 Å². The highest BCUT2D eigenvalue weighted by molar-refractivity contribution is 5.71. The molecule has 1 unspecified atom stereocenters. The summed E-state index contributed by atoms with van der Waals surface area (Å²) in [7, 11) is 0. The number of aliphatic hydroxyl groups is 1. The van der Waals surface area contributed by atoms with Gasteiger partial charge in [-0.1, -0.05) is 103 Å². The van der Waals surface area contributed by atoms with Crippen LogP contribution in [0.3, 0.4) is 0 Å². The average Bonchev–Trinajstić information content (AvgIpc) is 2.59. The molecule has 1 atom stereocenters. The molecule has 1 fully saturated rings. The zero-order valence-electron chi connectivity index (χ0n) is 16.6. The summed E-state index contributed by atoms with van der Waals surface area (Å²) in [5.74, 6) is -1.36. The Balaban J connectivity index is 2.02. The van der Waals surface area contributed by atoms with E-state index in [0.29, 0.717) is 19.3 Å². The van der Waals surface area contributed by atoms with Gasteiger partial charge in [-0.15, -0.1) is 0 Å². The predicted octanol–water partition coefficient (Wildman–Crippen LogP) is 6.47. The molecule has 0 amide bonds. The number of carboxylic acid groups (broad SMARTS) is 1. The van der Waals surface area contributed by atoms with E-state index in [1.807, 2.05) is 0 Å². The van der Waals surface area contributed by atoms with Crippen molar-refractivity contribution >= 4 is 5.97 Å². The number of unbranched alkanes of at least 4 members (excludes halogenated alkanes) is 11. The molecule has 1 aliphatic carbocycles. The number of rotatable bonds is 15. The highest BCUT2D eigenvalue weighted by Crippen LogP contribution is 2.37. The number of carboxylic acids is 1. The predicted molar refractivity (Wildman–Crippen MR) is 105 cm³/mol. The fourth-order valence-electron chi connectivity index (χ4n) is 4.32. The number of hydrogen-bond acceptors (Lipinski definition) is 2. The highest BCUT2D eigenvalue weighted by atomic mass is 16.4. The van der Waals surface area contributed by atoms with Crippen LogP contribution in [-0.4, -0.2) is 21.8 Å². The molecule has 25 heavy (non-hydrogen) atoms. The third-order valence-electron chi connectivity index (χ3n) is 6.01. The normalized spacial score (nSPS) is 18.2. The first kappa shape index (κ1) is 22.5. The van der Waals surface area contributed by atoms with Crippen LogP contribution in [0.5, 0.6) is 0 Å². The van der Waals surface area contributed by atoms with E-state index < -0.39 is 17.5 Å². The van der Waals surface area contributed by atoms with Crippen LogP contribution in [0.4, 0.5) is 0 Å². The van der Waals surface area contributed by atoms with E-state index in [1.54, 1.807) is 0 Å². The summed E-state index contributed by atoms with van der Waals surface area (Å²) in [4.78, 5) is 11.6. The lowest BCUT2D eigenvalue weighted by molar-refractivity contribution is -0.155. The van der Waals surface area contributed by atoms with Gasteiger partial charge in [0.15, 0.2) is 0 Å². The summed E-state index contributed by atoms with van der Waals surface area (Å²) in [5, 5.41) is 20.2. The molecule has 2 N–H and O–H groups in total. The number of carbonyl (C=O) groups is 1. The van der Waals surface area contributed by atoms with Crippen LogP contribution in [0.25, 0.3) is 0 Å². The van der Waals surface area contributed by atoms with Crippen LogP contribution < -0.4 is 0 Å². The summed E-state index contributed by atoms with van der Waals surface area (Å²) in [6.45, 7) is 2.26. The third-order valence-corrected chi connectivity index (χ3v) is 6.01. The van der Waals surface area contributed by atoms with Crippen LogP contribution in [0.1, 0.15) is 122 Å². The van der Waals surface area contributed by atoms with E-state index in [4.69, 9.17) is 0 Å². The second-order valence-electron chi connectivity index (χ2n) is 8.23. The molecule has 0 bridgehead atoms. The maximum Gasteiger partial charge on any atom is 0.309 e. The van der Waals surface area contributed by atoms with Gasteiger partial charge in [0.2, 0.25) is 0 Å². The van der Waals surface area contributed by atoms with Gasteiger partial charge in [0, 0.05) is 0 Å². The number of hydrogen-bond donors (Lipinski definition) is 2. The van der Waals surface area contributed by atoms with E-state index >= 15 is 0 Å². The van der Waals surface area contributed by atoms with Crippen LogP contribution in [0.2, 0.25) is 0 Å². The first-order chi connectivity index (χ1) is 12.1. The van der Waals surface area contributed by atoms with Crippen molar-refractivity contribution in [3.63, 3.8) is 0 Å². The summed E-state index contributed by atoms with van der Waals surface area (Å²) < 4.78 is 0. The fraction of sp³-hybridized carbons (Fsp3) is 0.955. The molecule has 0 aliphatic heterocycles. The smallest absolute Gasteiger partial charge is 0.309 e. The molecule has 1 saturated carbocycles. The molecular formula is C22H42O3. The molecule has 0 aromatic carbocycles. The standard InChI is InChI=1S/C22H42O3/c1-2-3-4-5-6-7-8-9-10-11-12-14-17-20(21(23)24)22(25)18-15-13-16-19-22/h20,25H,2-19H2,1H3,(H,23,24). The lowest BCUT2D eigenvalue weighted by Gasteiger charge is -2.37. The Morgan fingerprint density at radius 3 is 1.68 bits per heavy atom. The van der Waals surface area contributed by atoms with Gasteiger partial charge in [-0.25, -0.2) is 0 Å². The van der Waals surface area contributed by atoms with E-state index in [2.05, 4.69) is 6.92 Å². The molecule has 0 spiro atoms. The van der Waals surface area contributed by atoms with Crippen molar-refractivity contribution in [2.24, 2.45) is 5.92 Å². The molecule has 148 valence electrons. The molecule has 0 heterocycles. The van der Waals surface area contributed by atoms with Gasteiger partial charge < -0.3 is 10.2 Å². The van der Waals surface area contributed by atoms with Crippen molar-refractivity contribution in [3.8, 4) is 0 Å². The SMILES string of the molecule is CCCCCCCCCCCCCCC(C(=O)O)C1(O)CCCCC1. The first-order valence-electron chi connectivity index (χ1n) is 11.1. The maximum absolute atomic E-state index is 11.6. The molecule has 0 saturated heterocycles. The summed E-state index contributed by atoms with van der Waals surface area (Å²) in [6, 6.07) is 0. The second kappa shape index (κ2) is 13.6. The van der Waals surface area contributed by atoms with Crippen LogP contribution >= 0.6 is 0 Å². The lowest BCUT2D eigenvalue weighted by atomic mass is 9.73. The molecule has 3 nitrogen and oxygen atoms in total. The van der Waals surface area contributed by atoms with Gasteiger partial charge in [-0.2, -0.15) is 0 Å². The zero-order chi connectivity index (χ0) is 18.4. The quantitative estimate of drug-likeness (QED) is 0.331. The Morgan fingerprint density at radius 1 is 0.800 bits per heavy atom. The summed E-state index contributed by atoms with van der Waals surface area (Å²) in [6.07, 6.45) is 20.5. The van der Waals surface area contributed by atoms with Crippen LogP contribution in [0, 0.1) is 5.92 Å². The average molecular weight is 355 g/mol. The van der Waals surface area contributed by atoms with Crippen molar-refractivity contribution in [2.75, 3.05) is 0 Å². The van der Waals surface area contributed by atoms with Gasteiger partial charge in [0.25, 0.3) is 0 Å². The summed E-state index contributed by atoms with van der Waals surface area (Å²) in [5.41, 5.74) is -0.943. The molecule has 0 radical (unpaired) electrons. The Morgan fingerprint density at radius 2 is 1.24 bits per heavy atom. The monoisotopic (exact) mass is 354 g/mol. The van der Waals surface area contributed by atoms with E-state index in [0.717, 1.165) is 32.1 Å². The highest BCUT2D eigenvalue weighted by Gasteiger charge is 2.41. The Kier molecular flexibility index (Phi) is 12.2. The minimum atomic E-state index is -0.943. The molecule has 0 aromatic heterocycles. The van der Waals surface area contributed by atoms with Gasteiger partial charge in [0.05, 0.1) is 11.5 Å². The van der Waals surface area contributed by atoms with Crippen molar-refractivity contribution < 1.29 is 15.0 Å². The van der Waals surface area contributed by atoms with Crippen molar-refractivity contribution in [1.82, 2.24) is 0 Å². The minimum absolute atomic E-state index is 0.559. The van der Waals surface area contributed by atoms with Crippen LogP contribution in [0.15, 0.2) is 0 Å². The van der Waals surface area contributed by atoms with E-state index in [-0.39, 0.29) is 0 Å². The van der Waals surface area contributed by atoms with E-state index in [9.17, 15) is 15.0 Å². The minimum Gasteiger partial charge on any atom is -0.481 e. The lowest BCUT2D eigenvalue weighted by Crippen LogP contribution is -2.44. The summed E-state index contributed by atoms with van der Waals surface area (Å²) >= 11 is 0. The van der Waals surface area contributed by atoms with Gasteiger partial charge in [-0.3, -0.25) is 4.79 Å². The van der Waals surface area contributed by atoms with Gasteiger partial charge in [0.1, 0.15) is 0 Å². The molecule has 1 aliphatic rings. The molecule has 3 heteroatoms. The van der Waals surface area contributed by atoms with Gasteiger partial charge in [-0.05, 0) is 19.3 Å². The molecule has 0 aromatic rings. The zero-order valence-corrected chi connectivity index (χ0v) is 16.6. The van der Waals surface area contributed by atoms with Gasteiger partial charge >= 0.3 is 5.97 Å². The first-order valence-corrected chi connectivity index (χ1v) is 11.1. The largest absolute Gasteiger partial charge is 0.481 e. The second-order valence-corrected chi connectivity index (χ2v) is 8.23. The topological polar surface area (TPSA) is 57.5 Å². The molecular weight excluding hydrogens is 312 g/mol. The third kappa shape index (κ3) is 9.63. The Hall–Kier alpha value is -0.570. The molecule has 1 rings (SSSR count). The van der Waals surface area contributed by atoms with Crippen molar-refractivity contribution in [1.29, 1.82) is 0 Å². The van der Waals surface area contributed by atoms with Crippen molar-refractivity contribution in [3.05, 3.63) is 0 Å². The fourth-order valence-corrected chi connectivity index (χ4v) is 4.32. The van der Waals surface area contributed by atoms with Crippen LogP contribution in [-0.2, 0) is 4.79 Å². The Labute approximate surface area is 155 Å². The maximum atomic E-state index is 11.6. The number of aliphatic carboxylic acids is 1. The van der Waals surface area contributed by atoms with E-state index in [1.165, 1.54) is 64.2 Å². The Bertz CT molecular complexity index is 334.